The highest BCUT2D eigenvalue weighted by atomic mass is 32.2. The molecule has 4 rings (SSSR count). The van der Waals surface area contributed by atoms with Gasteiger partial charge in [-0.15, -0.1) is 0 Å². The molecular weight excluding hydrogens is 388 g/mol. The van der Waals surface area contributed by atoms with Crippen LogP contribution in [0, 0.1) is 5.92 Å². The van der Waals surface area contributed by atoms with Crippen LogP contribution in [0.4, 0.5) is 0 Å². The van der Waals surface area contributed by atoms with Gasteiger partial charge in [-0.25, -0.2) is 18.2 Å². The van der Waals surface area contributed by atoms with Gasteiger partial charge in [0.2, 0.25) is 0 Å². The molecule has 5 nitrogen and oxygen atoms in total. The molecule has 156 valence electrons. The molecule has 1 aliphatic carbocycles. The molecule has 2 bridgehead atoms. The molecule has 2 aromatic rings. The molecule has 0 N–H and O–H groups in total. The summed E-state index contributed by atoms with van der Waals surface area (Å²) in [6.45, 7) is 4.42. The SMILES string of the molecule is C[C@@]1(OCc2ccccc2)CC[C@@H]2C[C@@H]1OO[C@@]2(C)CS(=O)(=O)c1ccccc1. The van der Waals surface area contributed by atoms with E-state index in [2.05, 4.69) is 6.92 Å². The summed E-state index contributed by atoms with van der Waals surface area (Å²) in [6.07, 6.45) is 2.16. The maximum absolute atomic E-state index is 12.9. The molecule has 1 heterocycles. The van der Waals surface area contributed by atoms with Crippen molar-refractivity contribution in [2.45, 2.75) is 61.9 Å². The molecule has 4 atom stereocenters. The number of sulfone groups is 1. The van der Waals surface area contributed by atoms with Crippen LogP contribution in [0.25, 0.3) is 0 Å². The Hall–Kier alpha value is -1.73. The number of ether oxygens (including phenoxy) is 1. The van der Waals surface area contributed by atoms with Gasteiger partial charge in [0.1, 0.15) is 11.7 Å². The maximum Gasteiger partial charge on any atom is 0.181 e. The fourth-order valence-electron chi connectivity index (χ4n) is 4.40. The first kappa shape index (κ1) is 20.5. The van der Waals surface area contributed by atoms with Crippen LogP contribution in [0.1, 0.15) is 38.7 Å². The molecule has 1 aliphatic heterocycles. The van der Waals surface area contributed by atoms with Crippen molar-refractivity contribution in [2.75, 3.05) is 5.75 Å². The summed E-state index contributed by atoms with van der Waals surface area (Å²) >= 11 is 0. The molecular formula is C23H28O5S. The van der Waals surface area contributed by atoms with Gasteiger partial charge in [-0.05, 0) is 56.7 Å². The van der Waals surface area contributed by atoms with Crippen molar-refractivity contribution >= 4 is 9.84 Å². The lowest BCUT2D eigenvalue weighted by atomic mass is 9.71. The topological polar surface area (TPSA) is 61.8 Å². The number of fused-ring (bicyclic) bond motifs is 2. The highest BCUT2D eigenvalue weighted by Crippen LogP contribution is 2.47. The zero-order valence-electron chi connectivity index (χ0n) is 16.9. The van der Waals surface area contributed by atoms with Gasteiger partial charge in [0.25, 0.3) is 0 Å². The zero-order valence-corrected chi connectivity index (χ0v) is 17.7. The van der Waals surface area contributed by atoms with E-state index >= 15 is 0 Å². The third-order valence-corrected chi connectivity index (χ3v) is 8.32. The Morgan fingerprint density at radius 3 is 2.38 bits per heavy atom. The number of benzene rings is 2. The van der Waals surface area contributed by atoms with Crippen LogP contribution in [-0.4, -0.2) is 31.5 Å². The predicted molar refractivity (Wildman–Crippen MR) is 110 cm³/mol. The van der Waals surface area contributed by atoms with E-state index in [1.807, 2.05) is 43.3 Å². The van der Waals surface area contributed by atoms with Crippen LogP contribution < -0.4 is 0 Å². The minimum atomic E-state index is -3.47. The fraction of sp³-hybridized carbons (Fsp3) is 0.478. The van der Waals surface area contributed by atoms with Gasteiger partial charge in [-0.3, -0.25) is 0 Å². The molecule has 2 aliphatic rings. The molecule has 2 aromatic carbocycles. The van der Waals surface area contributed by atoms with E-state index in [-0.39, 0.29) is 17.8 Å². The fourth-order valence-corrected chi connectivity index (χ4v) is 6.17. The molecule has 1 saturated heterocycles. The first-order valence-corrected chi connectivity index (χ1v) is 11.8. The minimum Gasteiger partial charge on any atom is -0.368 e. The molecule has 0 spiro atoms. The Bertz CT molecular complexity index is 930. The summed E-state index contributed by atoms with van der Waals surface area (Å²) in [7, 11) is -3.47. The lowest BCUT2D eigenvalue weighted by molar-refractivity contribution is -0.444. The Labute approximate surface area is 172 Å². The monoisotopic (exact) mass is 416 g/mol. The smallest absolute Gasteiger partial charge is 0.181 e. The normalized spacial score (nSPS) is 32.1. The van der Waals surface area contributed by atoms with E-state index < -0.39 is 21.0 Å². The molecule has 0 unspecified atom stereocenters. The Balaban J connectivity index is 1.43. The van der Waals surface area contributed by atoms with E-state index in [1.54, 1.807) is 24.3 Å². The van der Waals surface area contributed by atoms with Crippen molar-refractivity contribution in [1.29, 1.82) is 0 Å². The van der Waals surface area contributed by atoms with E-state index in [4.69, 9.17) is 14.5 Å². The van der Waals surface area contributed by atoms with Crippen LogP contribution in [0.5, 0.6) is 0 Å². The third kappa shape index (κ3) is 4.26. The second-order valence-electron chi connectivity index (χ2n) is 8.61. The van der Waals surface area contributed by atoms with E-state index in [0.717, 1.165) is 24.8 Å². The average molecular weight is 417 g/mol. The van der Waals surface area contributed by atoms with Crippen LogP contribution in [0.2, 0.25) is 0 Å². The van der Waals surface area contributed by atoms with Crippen LogP contribution in [0.15, 0.2) is 65.6 Å². The molecule has 29 heavy (non-hydrogen) atoms. The van der Waals surface area contributed by atoms with Gasteiger partial charge >= 0.3 is 0 Å². The van der Waals surface area contributed by atoms with Gasteiger partial charge in [-0.1, -0.05) is 48.5 Å². The van der Waals surface area contributed by atoms with Crippen LogP contribution >= 0.6 is 0 Å². The standard InChI is InChI=1S/C23H28O5S/c1-22(26-16-18-9-5-3-6-10-18)14-13-19-15-21(22)27-28-23(19,2)17-29(24,25)20-11-7-4-8-12-20/h3-12,19,21H,13-17H2,1-2H3/t19-,21+,22-,23+/m1/s1. The maximum atomic E-state index is 12.9. The van der Waals surface area contributed by atoms with E-state index in [1.165, 1.54) is 0 Å². The highest BCUT2D eigenvalue weighted by Gasteiger charge is 2.54. The summed E-state index contributed by atoms with van der Waals surface area (Å²) in [4.78, 5) is 11.9. The summed E-state index contributed by atoms with van der Waals surface area (Å²) in [5.41, 5.74) is -0.205. The second-order valence-corrected chi connectivity index (χ2v) is 10.6. The van der Waals surface area contributed by atoms with Crippen molar-refractivity contribution < 1.29 is 22.9 Å². The van der Waals surface area contributed by atoms with Crippen molar-refractivity contribution in [3.05, 3.63) is 66.2 Å². The van der Waals surface area contributed by atoms with Crippen molar-refractivity contribution in [1.82, 2.24) is 0 Å². The molecule has 6 heteroatoms. The Morgan fingerprint density at radius 1 is 1.03 bits per heavy atom. The lowest BCUT2D eigenvalue weighted by Crippen LogP contribution is -2.59. The molecule has 0 radical (unpaired) electrons. The average Bonchev–Trinajstić information content (AvgIpc) is 2.72. The summed E-state index contributed by atoms with van der Waals surface area (Å²) in [5, 5.41) is 0. The molecule has 2 fully saturated rings. The quantitative estimate of drug-likeness (QED) is 0.656. The van der Waals surface area contributed by atoms with Crippen LogP contribution in [0.3, 0.4) is 0 Å². The van der Waals surface area contributed by atoms with Gasteiger partial charge in [-0.2, -0.15) is 0 Å². The first-order valence-electron chi connectivity index (χ1n) is 10.1. The first-order chi connectivity index (χ1) is 13.8. The zero-order chi connectivity index (χ0) is 20.5. The minimum absolute atomic E-state index is 0.0943. The third-order valence-electron chi connectivity index (χ3n) is 6.38. The molecule has 1 saturated carbocycles. The van der Waals surface area contributed by atoms with Gasteiger partial charge < -0.3 is 4.74 Å². The summed E-state index contributed by atoms with van der Waals surface area (Å²) in [6, 6.07) is 18.6. The van der Waals surface area contributed by atoms with E-state index in [9.17, 15) is 8.42 Å². The largest absolute Gasteiger partial charge is 0.368 e. The number of hydrogen-bond donors (Lipinski definition) is 0. The summed E-state index contributed by atoms with van der Waals surface area (Å²) in [5.74, 6) is 0.0105. The van der Waals surface area contributed by atoms with Gasteiger partial charge in [0.05, 0.1) is 22.9 Å². The molecule has 0 aromatic heterocycles. The highest BCUT2D eigenvalue weighted by molar-refractivity contribution is 7.91. The van der Waals surface area contributed by atoms with Crippen molar-refractivity contribution in [3.8, 4) is 0 Å². The Morgan fingerprint density at radius 2 is 1.69 bits per heavy atom. The van der Waals surface area contributed by atoms with Gasteiger partial charge in [0, 0.05) is 0 Å². The number of rotatable bonds is 6. The molecule has 0 amide bonds. The predicted octanol–water partition coefficient (Wildman–Crippen LogP) is 4.33. The second kappa shape index (κ2) is 7.84. The van der Waals surface area contributed by atoms with E-state index in [0.29, 0.717) is 11.5 Å². The van der Waals surface area contributed by atoms with Crippen LogP contribution in [-0.2, 0) is 31.0 Å². The van der Waals surface area contributed by atoms with Crippen molar-refractivity contribution in [2.24, 2.45) is 5.92 Å². The van der Waals surface area contributed by atoms with Gasteiger partial charge in [0.15, 0.2) is 9.84 Å². The Kier molecular flexibility index (Phi) is 5.55. The number of hydrogen-bond acceptors (Lipinski definition) is 5. The summed E-state index contributed by atoms with van der Waals surface area (Å²) < 4.78 is 32.0. The lowest BCUT2D eigenvalue weighted by Gasteiger charge is -2.52. The van der Waals surface area contributed by atoms with Crippen molar-refractivity contribution in [3.63, 3.8) is 0 Å².